The Bertz CT molecular complexity index is 462. The lowest BCUT2D eigenvalue weighted by Crippen LogP contribution is -2.54. The van der Waals surface area contributed by atoms with E-state index in [-0.39, 0.29) is 23.8 Å². The van der Waals surface area contributed by atoms with E-state index in [9.17, 15) is 9.18 Å². The summed E-state index contributed by atoms with van der Waals surface area (Å²) in [5.41, 5.74) is 6.93. The van der Waals surface area contributed by atoms with Gasteiger partial charge in [0.2, 0.25) is 5.91 Å². The normalized spacial score (nSPS) is 21.7. The van der Waals surface area contributed by atoms with Crippen molar-refractivity contribution in [2.45, 2.75) is 25.9 Å². The van der Waals surface area contributed by atoms with Crippen LogP contribution in [0.1, 0.15) is 25.5 Å². The van der Waals surface area contributed by atoms with E-state index < -0.39 is 0 Å². The number of nitrogens with one attached hydrogen (secondary N) is 1. The Morgan fingerprint density at radius 2 is 2.28 bits per heavy atom. The van der Waals surface area contributed by atoms with Crippen molar-refractivity contribution in [3.05, 3.63) is 29.6 Å². The third kappa shape index (κ3) is 2.31. The number of anilines is 1. The molecule has 0 aromatic heterocycles. The highest BCUT2D eigenvalue weighted by Crippen LogP contribution is 2.25. The first kappa shape index (κ1) is 12.8. The number of rotatable bonds is 2. The fraction of sp³-hybridized carbons (Fsp3) is 0.462. The van der Waals surface area contributed by atoms with E-state index in [1.54, 1.807) is 17.9 Å². The predicted molar refractivity (Wildman–Crippen MR) is 68.8 cm³/mol. The molecular weight excluding hydrogens is 233 g/mol. The van der Waals surface area contributed by atoms with Crippen LogP contribution in [0.25, 0.3) is 0 Å². The van der Waals surface area contributed by atoms with Gasteiger partial charge in [-0.2, -0.15) is 0 Å². The van der Waals surface area contributed by atoms with Gasteiger partial charge in [-0.15, -0.1) is 0 Å². The van der Waals surface area contributed by atoms with Crippen LogP contribution in [-0.4, -0.2) is 25.0 Å². The molecule has 1 aromatic rings. The summed E-state index contributed by atoms with van der Waals surface area (Å²) < 4.78 is 14.1. The molecule has 0 bridgehead atoms. The molecular formula is C13H18FN3O. The van der Waals surface area contributed by atoms with Crippen molar-refractivity contribution in [1.29, 1.82) is 0 Å². The molecule has 1 aromatic carbocycles. The van der Waals surface area contributed by atoms with E-state index in [4.69, 9.17) is 5.73 Å². The van der Waals surface area contributed by atoms with Crippen LogP contribution in [0.3, 0.4) is 0 Å². The number of amides is 1. The third-order valence-electron chi connectivity index (χ3n) is 3.31. The summed E-state index contributed by atoms with van der Waals surface area (Å²) >= 11 is 0. The maximum Gasteiger partial charge on any atom is 0.242 e. The average molecular weight is 251 g/mol. The zero-order chi connectivity index (χ0) is 13.3. The van der Waals surface area contributed by atoms with Gasteiger partial charge in [0.25, 0.3) is 0 Å². The molecule has 1 heterocycles. The number of carbonyl (C=O) groups excluding carboxylic acids is 1. The first-order valence-electron chi connectivity index (χ1n) is 6.10. The minimum Gasteiger partial charge on any atom is -0.356 e. The first-order chi connectivity index (χ1) is 8.50. The van der Waals surface area contributed by atoms with Gasteiger partial charge in [0.15, 0.2) is 0 Å². The van der Waals surface area contributed by atoms with Gasteiger partial charge in [-0.05, 0) is 31.5 Å². The van der Waals surface area contributed by atoms with Gasteiger partial charge >= 0.3 is 0 Å². The molecule has 1 aliphatic heterocycles. The predicted octanol–water partition coefficient (Wildman–Crippen LogP) is 1.17. The molecule has 1 saturated heterocycles. The Balaban J connectivity index is 2.30. The number of piperazine rings is 1. The van der Waals surface area contributed by atoms with Crippen LogP contribution in [0.15, 0.2) is 18.2 Å². The molecule has 0 spiro atoms. The summed E-state index contributed by atoms with van der Waals surface area (Å²) in [5.74, 6) is -0.400. The number of carbonyl (C=O) groups is 1. The van der Waals surface area contributed by atoms with Gasteiger partial charge in [0, 0.05) is 19.1 Å². The van der Waals surface area contributed by atoms with Gasteiger partial charge in [-0.3, -0.25) is 4.79 Å². The lowest BCUT2D eigenvalue weighted by Gasteiger charge is -2.35. The van der Waals surface area contributed by atoms with Crippen molar-refractivity contribution < 1.29 is 9.18 Å². The highest BCUT2D eigenvalue weighted by atomic mass is 19.1. The molecule has 18 heavy (non-hydrogen) atoms. The Kier molecular flexibility index (Phi) is 3.52. The molecule has 1 fully saturated rings. The van der Waals surface area contributed by atoms with Crippen LogP contribution in [0.4, 0.5) is 10.1 Å². The second-order valence-corrected chi connectivity index (χ2v) is 4.66. The molecule has 4 nitrogen and oxygen atoms in total. The van der Waals surface area contributed by atoms with Gasteiger partial charge in [-0.25, -0.2) is 4.39 Å². The fourth-order valence-electron chi connectivity index (χ4n) is 2.15. The monoisotopic (exact) mass is 251 g/mol. The minimum atomic E-state index is -0.352. The van der Waals surface area contributed by atoms with E-state index in [0.717, 1.165) is 5.56 Å². The highest BCUT2D eigenvalue weighted by molar-refractivity contribution is 5.86. The summed E-state index contributed by atoms with van der Waals surface area (Å²) in [6.07, 6.45) is 0. The molecule has 1 amide bonds. The largest absolute Gasteiger partial charge is 0.356 e. The summed E-state index contributed by atoms with van der Waals surface area (Å²) in [4.78, 5) is 13.3. The quantitative estimate of drug-likeness (QED) is 0.829. The second kappa shape index (κ2) is 4.94. The topological polar surface area (TPSA) is 58.4 Å². The van der Waals surface area contributed by atoms with Crippen LogP contribution in [0.2, 0.25) is 0 Å². The first-order valence-corrected chi connectivity index (χ1v) is 6.10. The molecule has 3 N–H and O–H groups in total. The highest BCUT2D eigenvalue weighted by Gasteiger charge is 2.27. The molecule has 0 aliphatic carbocycles. The number of hydrogen-bond acceptors (Lipinski definition) is 3. The molecule has 1 unspecified atom stereocenters. The van der Waals surface area contributed by atoms with Gasteiger partial charge in [0.1, 0.15) is 11.9 Å². The standard InChI is InChI=1S/C13H18FN3O/c1-8(15)10-3-4-12(11(14)7-10)17-6-5-16-13(18)9(17)2/h3-4,7-9H,5-6,15H2,1-2H3,(H,16,18)/t8-,9?/m0/s1. The molecule has 1 aliphatic rings. The number of nitrogens with zero attached hydrogens (tertiary/aromatic N) is 1. The van der Waals surface area contributed by atoms with Crippen LogP contribution < -0.4 is 16.0 Å². The van der Waals surface area contributed by atoms with E-state index in [1.165, 1.54) is 6.07 Å². The number of halogens is 1. The SMILES string of the molecule is CC1C(=O)NCCN1c1ccc([C@H](C)N)cc1F. The number of benzene rings is 1. The molecule has 98 valence electrons. The summed E-state index contributed by atoms with van der Waals surface area (Å²) in [6, 6.07) is 4.40. The zero-order valence-corrected chi connectivity index (χ0v) is 10.6. The Hall–Kier alpha value is -1.62. The Labute approximate surface area is 106 Å². The fourth-order valence-corrected chi connectivity index (χ4v) is 2.15. The van der Waals surface area contributed by atoms with Crippen molar-refractivity contribution >= 4 is 11.6 Å². The summed E-state index contributed by atoms with van der Waals surface area (Å²) in [7, 11) is 0. The zero-order valence-electron chi connectivity index (χ0n) is 10.6. The maximum atomic E-state index is 14.1. The summed E-state index contributed by atoms with van der Waals surface area (Å²) in [6.45, 7) is 4.73. The van der Waals surface area contributed by atoms with Gasteiger partial charge < -0.3 is 16.0 Å². The molecule has 2 rings (SSSR count). The van der Waals surface area contributed by atoms with Gasteiger partial charge in [-0.1, -0.05) is 6.07 Å². The van der Waals surface area contributed by atoms with Crippen molar-refractivity contribution in [3.8, 4) is 0 Å². The Morgan fingerprint density at radius 3 is 2.89 bits per heavy atom. The van der Waals surface area contributed by atoms with Crippen molar-refractivity contribution in [1.82, 2.24) is 5.32 Å². The second-order valence-electron chi connectivity index (χ2n) is 4.66. The third-order valence-corrected chi connectivity index (χ3v) is 3.31. The molecule has 0 saturated carbocycles. The van der Waals surface area contributed by atoms with E-state index in [1.807, 2.05) is 13.0 Å². The maximum absolute atomic E-state index is 14.1. The van der Waals surface area contributed by atoms with Crippen LogP contribution in [-0.2, 0) is 4.79 Å². The Morgan fingerprint density at radius 1 is 1.56 bits per heavy atom. The number of hydrogen-bond donors (Lipinski definition) is 2. The van der Waals surface area contributed by atoms with E-state index in [0.29, 0.717) is 18.8 Å². The van der Waals surface area contributed by atoms with Crippen LogP contribution in [0, 0.1) is 5.82 Å². The van der Waals surface area contributed by atoms with Gasteiger partial charge in [0.05, 0.1) is 5.69 Å². The lowest BCUT2D eigenvalue weighted by molar-refractivity contribution is -0.122. The van der Waals surface area contributed by atoms with Crippen molar-refractivity contribution in [2.24, 2.45) is 5.73 Å². The van der Waals surface area contributed by atoms with E-state index >= 15 is 0 Å². The minimum absolute atomic E-state index is 0.0723. The average Bonchev–Trinajstić information content (AvgIpc) is 2.33. The molecule has 5 heteroatoms. The molecule has 0 radical (unpaired) electrons. The summed E-state index contributed by atoms with van der Waals surface area (Å²) in [5, 5.41) is 2.76. The van der Waals surface area contributed by atoms with Crippen LogP contribution in [0.5, 0.6) is 0 Å². The van der Waals surface area contributed by atoms with Crippen LogP contribution >= 0.6 is 0 Å². The molecule has 2 atom stereocenters. The van der Waals surface area contributed by atoms with E-state index in [2.05, 4.69) is 5.32 Å². The lowest BCUT2D eigenvalue weighted by atomic mass is 10.1. The van der Waals surface area contributed by atoms with Crippen molar-refractivity contribution in [3.63, 3.8) is 0 Å². The van der Waals surface area contributed by atoms with Crippen molar-refractivity contribution in [2.75, 3.05) is 18.0 Å². The smallest absolute Gasteiger partial charge is 0.242 e. The number of nitrogens with two attached hydrogens (primary N) is 1.